The van der Waals surface area contributed by atoms with E-state index in [1.165, 1.54) is 0 Å². The van der Waals surface area contributed by atoms with E-state index in [1.54, 1.807) is 0 Å². The SMILES string of the molecule is Brc1c2nc(c(-c3ccccc3)c3ccc(cc4nc(cc5ccc1[nH]5)C=C4)[nH]3)C=C2. The van der Waals surface area contributed by atoms with Crippen molar-refractivity contribution in [1.29, 1.82) is 0 Å². The highest BCUT2D eigenvalue weighted by Crippen LogP contribution is 2.32. The number of rotatable bonds is 1. The number of nitrogens with zero attached hydrogens (tertiary/aromatic N) is 2. The predicted octanol–water partition coefficient (Wildman–Crippen LogP) is 7.09. The van der Waals surface area contributed by atoms with Crippen LogP contribution in [0.25, 0.3) is 57.5 Å². The number of hydrogen-bond acceptors (Lipinski definition) is 2. The maximum Gasteiger partial charge on any atom is 0.0801 e. The molecule has 0 radical (unpaired) electrons. The lowest BCUT2D eigenvalue weighted by Gasteiger charge is -2.03. The molecule has 0 unspecified atom stereocenters. The molecule has 0 spiro atoms. The smallest absolute Gasteiger partial charge is 0.0801 e. The van der Waals surface area contributed by atoms with E-state index in [-0.39, 0.29) is 0 Å². The Morgan fingerprint density at radius 1 is 0.613 bits per heavy atom. The van der Waals surface area contributed by atoms with E-state index in [2.05, 4.69) is 86.6 Å². The normalized spacial score (nSPS) is 12.4. The van der Waals surface area contributed by atoms with Gasteiger partial charge >= 0.3 is 0 Å². The van der Waals surface area contributed by atoms with Gasteiger partial charge in [-0.05, 0) is 82.2 Å². The lowest BCUT2D eigenvalue weighted by Crippen LogP contribution is -1.85. The van der Waals surface area contributed by atoms with Crippen LogP contribution in [0, 0.1) is 0 Å². The van der Waals surface area contributed by atoms with Crippen LogP contribution in [0.2, 0.25) is 0 Å². The summed E-state index contributed by atoms with van der Waals surface area (Å²) in [6.07, 6.45) is 8.18. The molecule has 0 aliphatic carbocycles. The molecule has 31 heavy (non-hydrogen) atoms. The fourth-order valence-corrected chi connectivity index (χ4v) is 4.40. The van der Waals surface area contributed by atoms with Crippen LogP contribution in [0.1, 0.15) is 22.8 Å². The summed E-state index contributed by atoms with van der Waals surface area (Å²) in [7, 11) is 0. The van der Waals surface area contributed by atoms with Crippen LogP contribution in [0.15, 0.2) is 71.2 Å². The summed E-state index contributed by atoms with van der Waals surface area (Å²) in [5, 5.41) is 0. The predicted molar refractivity (Wildman–Crippen MR) is 132 cm³/mol. The highest BCUT2D eigenvalue weighted by atomic mass is 79.9. The molecule has 148 valence electrons. The quantitative estimate of drug-likeness (QED) is 0.273. The minimum atomic E-state index is 0.885. The number of halogens is 1. The average Bonchev–Trinajstić information content (AvgIpc) is 3.58. The number of aromatic amines is 2. The van der Waals surface area contributed by atoms with Gasteiger partial charge in [-0.2, -0.15) is 0 Å². The zero-order chi connectivity index (χ0) is 20.8. The van der Waals surface area contributed by atoms with E-state index >= 15 is 0 Å². The van der Waals surface area contributed by atoms with Gasteiger partial charge in [-0.3, -0.25) is 0 Å². The number of hydrogen-bond donors (Lipinski definition) is 2. The fraction of sp³-hybridized carbons (Fsp3) is 0. The van der Waals surface area contributed by atoms with Crippen LogP contribution in [0.3, 0.4) is 0 Å². The number of H-pyrrole nitrogens is 2. The van der Waals surface area contributed by atoms with Crippen molar-refractivity contribution < 1.29 is 0 Å². The van der Waals surface area contributed by atoms with E-state index in [1.807, 2.05) is 30.4 Å². The molecule has 5 heterocycles. The summed E-state index contributed by atoms with van der Waals surface area (Å²) in [6, 6.07) is 22.7. The molecule has 4 nitrogen and oxygen atoms in total. The molecule has 2 aliphatic heterocycles. The van der Waals surface area contributed by atoms with Crippen molar-refractivity contribution in [3.8, 4) is 11.1 Å². The maximum atomic E-state index is 4.96. The first kappa shape index (κ1) is 18.1. The highest BCUT2D eigenvalue weighted by molar-refractivity contribution is 9.10. The molecule has 2 aliphatic rings. The third kappa shape index (κ3) is 3.33. The first-order valence-corrected chi connectivity index (χ1v) is 10.8. The van der Waals surface area contributed by atoms with Crippen LogP contribution in [-0.4, -0.2) is 19.9 Å². The second kappa shape index (κ2) is 7.22. The van der Waals surface area contributed by atoms with Crippen LogP contribution in [0.5, 0.6) is 0 Å². The molecule has 1 aromatic carbocycles. The molecule has 2 N–H and O–H groups in total. The molecule has 6 rings (SSSR count). The van der Waals surface area contributed by atoms with E-state index in [9.17, 15) is 0 Å². The first-order chi connectivity index (χ1) is 15.2. The summed E-state index contributed by atoms with van der Waals surface area (Å²) >= 11 is 3.74. The molecule has 0 amide bonds. The first-order valence-electron chi connectivity index (χ1n) is 10.0. The van der Waals surface area contributed by atoms with Gasteiger partial charge < -0.3 is 9.97 Å². The largest absolute Gasteiger partial charge is 0.355 e. The highest BCUT2D eigenvalue weighted by Gasteiger charge is 2.12. The molecule has 0 fully saturated rings. The Hall–Kier alpha value is -3.70. The summed E-state index contributed by atoms with van der Waals surface area (Å²) < 4.78 is 0.926. The van der Waals surface area contributed by atoms with Gasteiger partial charge in [-0.25, -0.2) is 9.97 Å². The Balaban J connectivity index is 1.76. The van der Waals surface area contributed by atoms with E-state index < -0.39 is 0 Å². The molecular weight excluding hydrogens is 448 g/mol. The summed E-state index contributed by atoms with van der Waals surface area (Å²) in [5.41, 5.74) is 9.81. The van der Waals surface area contributed by atoms with Crippen LogP contribution < -0.4 is 0 Å². The minimum Gasteiger partial charge on any atom is -0.355 e. The number of benzene rings is 1. The maximum absolute atomic E-state index is 4.96. The van der Waals surface area contributed by atoms with Gasteiger partial charge in [0, 0.05) is 22.1 Å². The Labute approximate surface area is 187 Å². The number of fused-ring (bicyclic) bond motifs is 8. The molecule has 5 heteroatoms. The lowest BCUT2D eigenvalue weighted by molar-refractivity contribution is 1.30. The molecule has 0 atom stereocenters. The zero-order valence-electron chi connectivity index (χ0n) is 16.4. The van der Waals surface area contributed by atoms with Crippen molar-refractivity contribution >= 4 is 62.3 Å². The van der Waals surface area contributed by atoms with Crippen molar-refractivity contribution in [2.45, 2.75) is 0 Å². The van der Waals surface area contributed by atoms with Gasteiger partial charge in [-0.15, -0.1) is 0 Å². The molecule has 3 aromatic heterocycles. The third-order valence-corrected chi connectivity index (χ3v) is 6.23. The molecule has 8 bridgehead atoms. The minimum absolute atomic E-state index is 0.885. The van der Waals surface area contributed by atoms with E-state index in [0.29, 0.717) is 0 Å². The van der Waals surface area contributed by atoms with Crippen molar-refractivity contribution in [2.75, 3.05) is 0 Å². The Kier molecular flexibility index (Phi) is 4.21. The van der Waals surface area contributed by atoms with Gasteiger partial charge in [0.1, 0.15) is 0 Å². The lowest BCUT2D eigenvalue weighted by atomic mass is 10.0. The molecule has 0 saturated carbocycles. The van der Waals surface area contributed by atoms with Crippen LogP contribution in [-0.2, 0) is 0 Å². The monoisotopic (exact) mass is 464 g/mol. The third-order valence-electron chi connectivity index (χ3n) is 5.40. The molecule has 4 aromatic rings. The van der Waals surface area contributed by atoms with Crippen molar-refractivity contribution in [3.63, 3.8) is 0 Å². The second-order valence-corrected chi connectivity index (χ2v) is 8.30. The Morgan fingerprint density at radius 3 is 2.00 bits per heavy atom. The summed E-state index contributed by atoms with van der Waals surface area (Å²) in [6.45, 7) is 0. The summed E-state index contributed by atoms with van der Waals surface area (Å²) in [5.74, 6) is 0. The van der Waals surface area contributed by atoms with Crippen molar-refractivity contribution in [1.82, 2.24) is 19.9 Å². The standard InChI is InChI=1S/C26H17BrN4/c27-26-23-11-9-20(30-23)15-18-7-6-17(28-18)14-19-8-10-21(29-19)25(16-4-2-1-3-5-16)22-12-13-24(26)31-22/h1-15,29-30H. The van der Waals surface area contributed by atoms with Gasteiger partial charge in [-0.1, -0.05) is 30.3 Å². The second-order valence-electron chi connectivity index (χ2n) is 7.51. The van der Waals surface area contributed by atoms with Gasteiger partial charge in [0.15, 0.2) is 0 Å². The average molecular weight is 465 g/mol. The number of aromatic nitrogens is 4. The molecular formula is C26H17BrN4. The van der Waals surface area contributed by atoms with Crippen LogP contribution in [0.4, 0.5) is 0 Å². The Morgan fingerprint density at radius 2 is 1.26 bits per heavy atom. The zero-order valence-corrected chi connectivity index (χ0v) is 18.0. The topological polar surface area (TPSA) is 57.4 Å². The molecule has 0 saturated heterocycles. The van der Waals surface area contributed by atoms with Crippen molar-refractivity contribution in [2.24, 2.45) is 0 Å². The van der Waals surface area contributed by atoms with Crippen molar-refractivity contribution in [3.05, 3.63) is 94.0 Å². The summed E-state index contributed by atoms with van der Waals surface area (Å²) in [4.78, 5) is 16.7. The number of nitrogens with one attached hydrogen (secondary N) is 2. The van der Waals surface area contributed by atoms with Gasteiger partial charge in [0.2, 0.25) is 0 Å². The Bertz CT molecular complexity index is 1540. The van der Waals surface area contributed by atoms with Gasteiger partial charge in [0.25, 0.3) is 0 Å². The van der Waals surface area contributed by atoms with Crippen LogP contribution >= 0.6 is 15.9 Å². The van der Waals surface area contributed by atoms with E-state index in [4.69, 9.17) is 9.97 Å². The fourth-order valence-electron chi connectivity index (χ4n) is 3.95. The van der Waals surface area contributed by atoms with E-state index in [0.717, 1.165) is 60.4 Å². The van der Waals surface area contributed by atoms with Gasteiger partial charge in [0.05, 0.1) is 32.8 Å².